The zero-order valence-corrected chi connectivity index (χ0v) is 18.9. The molecule has 31 heavy (non-hydrogen) atoms. The maximum atomic E-state index is 14.2. The molecule has 0 N–H and O–H groups in total. The zero-order chi connectivity index (χ0) is 22.0. The van der Waals surface area contributed by atoms with Crippen LogP contribution in [-0.4, -0.2) is 16.0 Å². The summed E-state index contributed by atoms with van der Waals surface area (Å²) in [4.78, 5) is 1.14. The van der Waals surface area contributed by atoms with E-state index < -0.39 is 11.6 Å². The molecule has 0 fully saturated rings. The van der Waals surface area contributed by atoms with E-state index in [2.05, 4.69) is 0 Å². The van der Waals surface area contributed by atoms with Crippen LogP contribution >= 0.6 is 35.6 Å². The molecule has 7 heteroatoms. The summed E-state index contributed by atoms with van der Waals surface area (Å²) in [5.74, 6) is -1.25. The predicted octanol–water partition coefficient (Wildman–Crippen LogP) is 7.65. The summed E-state index contributed by atoms with van der Waals surface area (Å²) >= 11 is 13.3. The Hall–Kier alpha value is -2.54. The Labute approximate surface area is 193 Å². The first-order valence-electron chi connectivity index (χ1n) is 9.41. The number of aromatic nitrogens is 2. The fourth-order valence-corrected chi connectivity index (χ4v) is 3.98. The first kappa shape index (κ1) is 21.7. The van der Waals surface area contributed by atoms with E-state index in [1.165, 1.54) is 12.1 Å². The third-order valence-electron chi connectivity index (χ3n) is 4.85. The summed E-state index contributed by atoms with van der Waals surface area (Å²) in [6, 6.07) is 20.9. The van der Waals surface area contributed by atoms with Gasteiger partial charge in [-0.2, -0.15) is 5.10 Å². The van der Waals surface area contributed by atoms with E-state index >= 15 is 0 Å². The standard InChI is InChI=1S/C24H17ClF2N2S2/c1-31-20-10-5-16(6-11-20)24-21(15-2-7-18(25)8-3-15)13-23(30)29(28-24)14-17-4-9-19(26)12-22(17)27/h2-13H,14H2,1H3. The summed E-state index contributed by atoms with van der Waals surface area (Å²) in [6.45, 7) is 0.0989. The number of rotatable bonds is 5. The van der Waals surface area contributed by atoms with E-state index in [0.29, 0.717) is 20.9 Å². The van der Waals surface area contributed by atoms with Crippen LogP contribution in [0.4, 0.5) is 8.78 Å². The van der Waals surface area contributed by atoms with Crippen LogP contribution in [0.3, 0.4) is 0 Å². The summed E-state index contributed by atoms with van der Waals surface area (Å²) in [6.07, 6.45) is 2.02. The van der Waals surface area contributed by atoms with Gasteiger partial charge >= 0.3 is 0 Å². The van der Waals surface area contributed by atoms with Crippen molar-refractivity contribution >= 4 is 35.6 Å². The number of hydrogen-bond acceptors (Lipinski definition) is 3. The van der Waals surface area contributed by atoms with Gasteiger partial charge in [-0.25, -0.2) is 13.5 Å². The fourth-order valence-electron chi connectivity index (χ4n) is 3.23. The van der Waals surface area contributed by atoms with Crippen molar-refractivity contribution < 1.29 is 8.78 Å². The second-order valence-corrected chi connectivity index (χ2v) is 8.61. The molecule has 156 valence electrons. The van der Waals surface area contributed by atoms with Crippen LogP contribution in [0.25, 0.3) is 22.4 Å². The molecule has 0 saturated carbocycles. The molecule has 4 aromatic rings. The van der Waals surface area contributed by atoms with Crippen LogP contribution in [0.5, 0.6) is 0 Å². The molecule has 0 saturated heterocycles. The van der Waals surface area contributed by atoms with Gasteiger partial charge < -0.3 is 0 Å². The predicted molar refractivity (Wildman–Crippen MR) is 126 cm³/mol. The van der Waals surface area contributed by atoms with Crippen LogP contribution in [0, 0.1) is 16.3 Å². The first-order valence-corrected chi connectivity index (χ1v) is 11.4. The van der Waals surface area contributed by atoms with Gasteiger partial charge in [0.2, 0.25) is 0 Å². The van der Waals surface area contributed by atoms with Crippen LogP contribution in [0.1, 0.15) is 5.56 Å². The Kier molecular flexibility index (Phi) is 6.51. The van der Waals surface area contributed by atoms with Crippen molar-refractivity contribution in [3.05, 3.63) is 99.7 Å². The summed E-state index contributed by atoms with van der Waals surface area (Å²) in [7, 11) is 0. The lowest BCUT2D eigenvalue weighted by Gasteiger charge is -2.15. The van der Waals surface area contributed by atoms with E-state index in [-0.39, 0.29) is 6.54 Å². The molecule has 4 rings (SSSR count). The van der Waals surface area contributed by atoms with Crippen molar-refractivity contribution in [1.29, 1.82) is 0 Å². The second kappa shape index (κ2) is 9.30. The molecule has 0 unspecified atom stereocenters. The third-order valence-corrected chi connectivity index (χ3v) is 6.18. The normalized spacial score (nSPS) is 11.0. The van der Waals surface area contributed by atoms with E-state index in [4.69, 9.17) is 28.9 Å². The van der Waals surface area contributed by atoms with Gasteiger partial charge in [-0.05, 0) is 48.2 Å². The van der Waals surface area contributed by atoms with E-state index in [0.717, 1.165) is 27.7 Å². The van der Waals surface area contributed by atoms with Gasteiger partial charge in [-0.15, -0.1) is 11.8 Å². The Morgan fingerprint density at radius 3 is 2.26 bits per heavy atom. The van der Waals surface area contributed by atoms with Crippen molar-refractivity contribution in [1.82, 2.24) is 9.78 Å². The van der Waals surface area contributed by atoms with Gasteiger partial charge in [0.1, 0.15) is 16.3 Å². The van der Waals surface area contributed by atoms with Gasteiger partial charge in [-0.1, -0.05) is 54.2 Å². The molecule has 0 aliphatic carbocycles. The molecule has 0 spiro atoms. The molecular weight excluding hydrogens is 454 g/mol. The van der Waals surface area contributed by atoms with Crippen molar-refractivity contribution in [3.8, 4) is 22.4 Å². The molecular formula is C24H17ClF2N2S2. The van der Waals surface area contributed by atoms with Gasteiger partial charge in [-0.3, -0.25) is 0 Å². The highest BCUT2D eigenvalue weighted by Crippen LogP contribution is 2.32. The smallest absolute Gasteiger partial charge is 0.131 e. The molecule has 1 aromatic heterocycles. The summed E-state index contributed by atoms with van der Waals surface area (Å²) in [5.41, 5.74) is 3.71. The van der Waals surface area contributed by atoms with E-state index in [1.54, 1.807) is 16.4 Å². The number of hydrogen-bond donors (Lipinski definition) is 0. The van der Waals surface area contributed by atoms with Crippen molar-refractivity contribution in [2.45, 2.75) is 11.4 Å². The molecule has 0 aliphatic rings. The monoisotopic (exact) mass is 470 g/mol. The minimum atomic E-state index is -0.628. The number of nitrogens with zero attached hydrogens (tertiary/aromatic N) is 2. The van der Waals surface area contributed by atoms with Crippen LogP contribution in [-0.2, 0) is 6.54 Å². The van der Waals surface area contributed by atoms with E-state index in [1.807, 2.05) is 60.9 Å². The summed E-state index contributed by atoms with van der Waals surface area (Å²) < 4.78 is 29.5. The highest BCUT2D eigenvalue weighted by atomic mass is 35.5. The topological polar surface area (TPSA) is 17.8 Å². The first-order chi connectivity index (χ1) is 14.9. The molecule has 3 aromatic carbocycles. The molecule has 2 nitrogen and oxygen atoms in total. The average molecular weight is 471 g/mol. The van der Waals surface area contributed by atoms with Crippen LogP contribution in [0.2, 0.25) is 5.02 Å². The molecule has 0 aliphatic heterocycles. The Morgan fingerprint density at radius 2 is 1.61 bits per heavy atom. The average Bonchev–Trinajstić information content (AvgIpc) is 2.77. The fraction of sp³-hybridized carbons (Fsp3) is 0.0833. The quantitative estimate of drug-likeness (QED) is 0.220. The SMILES string of the molecule is CSc1ccc(-c2nn(Cc3ccc(F)cc3F)c(=S)cc2-c2ccc(Cl)cc2)cc1. The molecule has 0 amide bonds. The minimum absolute atomic E-state index is 0.0989. The van der Waals surface area contributed by atoms with Gasteiger partial charge in [0.25, 0.3) is 0 Å². The zero-order valence-electron chi connectivity index (χ0n) is 16.5. The Bertz CT molecular complexity index is 1290. The van der Waals surface area contributed by atoms with Crippen molar-refractivity contribution in [3.63, 3.8) is 0 Å². The lowest BCUT2D eigenvalue weighted by atomic mass is 10.0. The van der Waals surface area contributed by atoms with E-state index in [9.17, 15) is 8.78 Å². The van der Waals surface area contributed by atoms with Crippen molar-refractivity contribution in [2.24, 2.45) is 0 Å². The van der Waals surface area contributed by atoms with Gasteiger partial charge in [0.15, 0.2) is 0 Å². The largest absolute Gasteiger partial charge is 0.249 e. The molecule has 0 radical (unpaired) electrons. The Morgan fingerprint density at radius 1 is 0.935 bits per heavy atom. The number of halogens is 3. The summed E-state index contributed by atoms with van der Waals surface area (Å²) in [5, 5.41) is 5.41. The highest BCUT2D eigenvalue weighted by Gasteiger charge is 2.14. The molecule has 1 heterocycles. The van der Waals surface area contributed by atoms with Gasteiger partial charge in [0, 0.05) is 32.7 Å². The Balaban J connectivity index is 1.86. The lowest BCUT2D eigenvalue weighted by Crippen LogP contribution is -2.10. The van der Waals surface area contributed by atoms with Crippen LogP contribution in [0.15, 0.2) is 77.7 Å². The minimum Gasteiger partial charge on any atom is -0.249 e. The highest BCUT2D eigenvalue weighted by molar-refractivity contribution is 7.98. The molecule has 0 bridgehead atoms. The maximum Gasteiger partial charge on any atom is 0.131 e. The third kappa shape index (κ3) is 4.87. The van der Waals surface area contributed by atoms with Gasteiger partial charge in [0.05, 0.1) is 12.2 Å². The van der Waals surface area contributed by atoms with Crippen molar-refractivity contribution in [2.75, 3.05) is 6.26 Å². The second-order valence-electron chi connectivity index (χ2n) is 6.87. The number of thioether (sulfide) groups is 1. The van der Waals surface area contributed by atoms with Crippen LogP contribution < -0.4 is 0 Å². The maximum absolute atomic E-state index is 14.2. The molecule has 0 atom stereocenters. The number of benzene rings is 3. The lowest BCUT2D eigenvalue weighted by molar-refractivity contribution is 0.555.